The summed E-state index contributed by atoms with van der Waals surface area (Å²) in [5.41, 5.74) is 4.34. The smallest absolute Gasteiger partial charge is 0.294 e. The summed E-state index contributed by atoms with van der Waals surface area (Å²) in [6.07, 6.45) is 0. The quantitative estimate of drug-likeness (QED) is 0.493. The summed E-state index contributed by atoms with van der Waals surface area (Å²) in [4.78, 5) is -2.07. The Labute approximate surface area is 114 Å². The number of nitrogens with two attached hydrogens (primary N) is 1. The van der Waals surface area contributed by atoms with Crippen molar-refractivity contribution >= 4 is 30.4 Å². The number of hydrogen-bond donors (Lipinski definition) is 4. The molecule has 20 heavy (non-hydrogen) atoms. The molecule has 1 unspecified atom stereocenters. The lowest BCUT2D eigenvalue weighted by atomic mass is 10.2. The van der Waals surface area contributed by atoms with Crippen LogP contribution in [0.3, 0.4) is 0 Å². The molecule has 0 aromatic heterocycles. The van der Waals surface area contributed by atoms with Crippen molar-refractivity contribution in [2.24, 2.45) is 5.73 Å². The van der Waals surface area contributed by atoms with E-state index in [1.165, 1.54) is 0 Å². The van der Waals surface area contributed by atoms with Gasteiger partial charge in [-0.05, 0) is 12.1 Å². The Kier molecular flexibility index (Phi) is 4.27. The zero-order valence-corrected chi connectivity index (χ0v) is 11.9. The molecule has 0 bridgehead atoms. The Bertz CT molecular complexity index is 838. The molecule has 0 saturated carbocycles. The van der Waals surface area contributed by atoms with Gasteiger partial charge in [-0.1, -0.05) is 6.07 Å². The van der Waals surface area contributed by atoms with Crippen LogP contribution >= 0.6 is 0 Å². The van der Waals surface area contributed by atoms with Crippen LogP contribution < -0.4 is 5.73 Å². The largest absolute Gasteiger partial charge is 0.309 e. The molecule has 0 saturated heterocycles. The highest BCUT2D eigenvalue weighted by Gasteiger charge is 2.29. The summed E-state index contributed by atoms with van der Waals surface area (Å²) in [5.74, 6) is 0. The molecule has 0 aliphatic heterocycles. The standard InChI is InChI=1S/C7H9NO9S3/c8-7(20(15,16)17)5-2-1-4(18(9,10)11)3-6(5)19(12,13)14/h1-3,7H,8H2,(H,9,10,11)(H,12,13,14)(H,15,16,17). The van der Waals surface area contributed by atoms with Gasteiger partial charge < -0.3 is 5.73 Å². The molecule has 114 valence electrons. The molecule has 0 radical (unpaired) electrons. The fraction of sp³-hybridized carbons (Fsp3) is 0.143. The minimum Gasteiger partial charge on any atom is -0.309 e. The van der Waals surface area contributed by atoms with E-state index in [4.69, 9.17) is 19.4 Å². The molecule has 10 nitrogen and oxygen atoms in total. The topological polar surface area (TPSA) is 189 Å². The highest BCUT2D eigenvalue weighted by molar-refractivity contribution is 7.87. The molecule has 1 aromatic carbocycles. The van der Waals surface area contributed by atoms with E-state index in [9.17, 15) is 25.3 Å². The normalized spacial score (nSPS) is 15.0. The van der Waals surface area contributed by atoms with Crippen LogP contribution in [0.4, 0.5) is 0 Å². The SMILES string of the molecule is NC(c1ccc(S(=O)(=O)O)cc1S(=O)(=O)O)S(=O)(=O)O. The zero-order chi connectivity index (χ0) is 15.9. The zero-order valence-electron chi connectivity index (χ0n) is 9.40. The second-order valence-corrected chi connectivity index (χ2v) is 7.93. The molecule has 1 aromatic rings. The second-order valence-electron chi connectivity index (χ2n) is 3.59. The minimum absolute atomic E-state index is 0.311. The third-order valence-electron chi connectivity index (χ3n) is 2.19. The van der Waals surface area contributed by atoms with Crippen LogP contribution in [0.5, 0.6) is 0 Å². The lowest BCUT2D eigenvalue weighted by molar-refractivity contribution is 0.467. The van der Waals surface area contributed by atoms with Gasteiger partial charge in [-0.15, -0.1) is 0 Å². The highest BCUT2D eigenvalue weighted by atomic mass is 32.2. The Morgan fingerprint density at radius 2 is 1.40 bits per heavy atom. The van der Waals surface area contributed by atoms with Crippen molar-refractivity contribution in [3.8, 4) is 0 Å². The van der Waals surface area contributed by atoms with Crippen molar-refractivity contribution in [1.29, 1.82) is 0 Å². The van der Waals surface area contributed by atoms with Crippen LogP contribution in [0.2, 0.25) is 0 Å². The summed E-state index contributed by atoms with van der Waals surface area (Å²) < 4.78 is 92.2. The van der Waals surface area contributed by atoms with E-state index in [1.807, 2.05) is 0 Å². The van der Waals surface area contributed by atoms with Crippen LogP contribution in [0, 0.1) is 0 Å². The first-order chi connectivity index (χ1) is 8.74. The van der Waals surface area contributed by atoms with Gasteiger partial charge in [-0.25, -0.2) is 0 Å². The second kappa shape index (κ2) is 5.03. The molecule has 1 atom stereocenters. The third-order valence-corrected chi connectivity index (χ3v) is 4.84. The Morgan fingerprint density at radius 3 is 1.75 bits per heavy atom. The fourth-order valence-corrected chi connectivity index (χ4v) is 3.25. The van der Waals surface area contributed by atoms with E-state index >= 15 is 0 Å². The van der Waals surface area contributed by atoms with Crippen molar-refractivity contribution in [2.45, 2.75) is 15.2 Å². The third kappa shape index (κ3) is 3.72. The summed E-state index contributed by atoms with van der Waals surface area (Å²) >= 11 is 0. The average molecular weight is 347 g/mol. The summed E-state index contributed by atoms with van der Waals surface area (Å²) in [6, 6.07) is 1.60. The van der Waals surface area contributed by atoms with Gasteiger partial charge in [0, 0.05) is 5.56 Å². The first-order valence-electron chi connectivity index (χ1n) is 4.55. The molecular formula is C7H9NO9S3. The van der Waals surface area contributed by atoms with E-state index in [1.54, 1.807) is 0 Å². The van der Waals surface area contributed by atoms with Crippen molar-refractivity contribution in [1.82, 2.24) is 0 Å². The Morgan fingerprint density at radius 1 is 0.900 bits per heavy atom. The molecule has 0 heterocycles. The predicted octanol–water partition coefficient (Wildman–Crippen LogP) is -0.975. The van der Waals surface area contributed by atoms with Crippen molar-refractivity contribution in [3.05, 3.63) is 23.8 Å². The van der Waals surface area contributed by atoms with Gasteiger partial charge in [0.05, 0.1) is 4.90 Å². The van der Waals surface area contributed by atoms with E-state index in [2.05, 4.69) is 0 Å². The van der Waals surface area contributed by atoms with E-state index in [0.717, 1.165) is 0 Å². The minimum atomic E-state index is -5.05. The first-order valence-corrected chi connectivity index (χ1v) is 8.94. The maximum atomic E-state index is 11.1. The summed E-state index contributed by atoms with van der Waals surface area (Å²) in [6.45, 7) is 0. The van der Waals surface area contributed by atoms with Crippen molar-refractivity contribution in [3.63, 3.8) is 0 Å². The molecule has 0 fully saturated rings. The van der Waals surface area contributed by atoms with Crippen molar-refractivity contribution in [2.75, 3.05) is 0 Å². The molecule has 0 aliphatic rings. The average Bonchev–Trinajstić information content (AvgIpc) is 2.23. The molecule has 0 amide bonds. The van der Waals surface area contributed by atoms with E-state index in [0.29, 0.717) is 18.2 Å². The monoisotopic (exact) mass is 347 g/mol. The summed E-state index contributed by atoms with van der Waals surface area (Å²) in [5, 5.41) is -2.23. The molecule has 0 aliphatic carbocycles. The van der Waals surface area contributed by atoms with Crippen LogP contribution in [-0.4, -0.2) is 38.9 Å². The van der Waals surface area contributed by atoms with Crippen molar-refractivity contribution < 1.29 is 38.9 Å². The molecule has 5 N–H and O–H groups in total. The van der Waals surface area contributed by atoms with Gasteiger partial charge >= 0.3 is 0 Å². The van der Waals surface area contributed by atoms with Crippen LogP contribution in [-0.2, 0) is 30.4 Å². The lowest BCUT2D eigenvalue weighted by Gasteiger charge is -2.13. The van der Waals surface area contributed by atoms with Crippen LogP contribution in [0.25, 0.3) is 0 Å². The predicted molar refractivity (Wildman–Crippen MR) is 64.5 cm³/mol. The summed E-state index contributed by atoms with van der Waals surface area (Å²) in [7, 11) is -14.7. The maximum Gasteiger partial charge on any atom is 0.294 e. The van der Waals surface area contributed by atoms with Crippen LogP contribution in [0.1, 0.15) is 10.9 Å². The number of rotatable bonds is 4. The van der Waals surface area contributed by atoms with Gasteiger partial charge in [0.15, 0.2) is 5.37 Å². The molecule has 1 rings (SSSR count). The lowest BCUT2D eigenvalue weighted by Crippen LogP contribution is -2.23. The number of benzene rings is 1. The maximum absolute atomic E-state index is 11.1. The van der Waals surface area contributed by atoms with E-state index < -0.39 is 51.1 Å². The molecule has 0 spiro atoms. The van der Waals surface area contributed by atoms with Gasteiger partial charge in [0.25, 0.3) is 30.4 Å². The highest BCUT2D eigenvalue weighted by Crippen LogP contribution is 2.26. The Balaban J connectivity index is 3.73. The van der Waals surface area contributed by atoms with Gasteiger partial charge in [0.2, 0.25) is 0 Å². The molecule has 13 heteroatoms. The van der Waals surface area contributed by atoms with Gasteiger partial charge in [-0.2, -0.15) is 25.3 Å². The molecular weight excluding hydrogens is 338 g/mol. The van der Waals surface area contributed by atoms with Gasteiger partial charge in [-0.3, -0.25) is 13.7 Å². The number of hydrogen-bond acceptors (Lipinski definition) is 7. The first kappa shape index (κ1) is 17.0. The Hall–Kier alpha value is -1.09. The van der Waals surface area contributed by atoms with Gasteiger partial charge in [0.1, 0.15) is 4.90 Å². The van der Waals surface area contributed by atoms with Crippen LogP contribution in [0.15, 0.2) is 28.0 Å². The van der Waals surface area contributed by atoms with E-state index in [-0.39, 0.29) is 0 Å². The fourth-order valence-electron chi connectivity index (χ4n) is 1.29.